The zero-order chi connectivity index (χ0) is 13.5. The van der Waals surface area contributed by atoms with E-state index in [0.29, 0.717) is 6.61 Å². The normalized spacial score (nSPS) is 14.9. The molecule has 0 bridgehead atoms. The Hall–Kier alpha value is -0.580. The predicted molar refractivity (Wildman–Crippen MR) is 80.7 cm³/mol. The van der Waals surface area contributed by atoms with Crippen LogP contribution in [0.4, 0.5) is 0 Å². The van der Waals surface area contributed by atoms with Crippen LogP contribution in [0.15, 0.2) is 28.7 Å². The molecule has 0 spiro atoms. The van der Waals surface area contributed by atoms with Crippen LogP contribution in [0.1, 0.15) is 12.8 Å². The van der Waals surface area contributed by atoms with Gasteiger partial charge in [0.15, 0.2) is 0 Å². The van der Waals surface area contributed by atoms with Crippen molar-refractivity contribution in [2.75, 3.05) is 40.0 Å². The molecule has 106 valence electrons. The van der Waals surface area contributed by atoms with E-state index >= 15 is 0 Å². The van der Waals surface area contributed by atoms with Crippen molar-refractivity contribution < 1.29 is 9.47 Å². The van der Waals surface area contributed by atoms with Crippen LogP contribution in [0.3, 0.4) is 0 Å². The van der Waals surface area contributed by atoms with Crippen molar-refractivity contribution in [2.24, 2.45) is 5.92 Å². The van der Waals surface area contributed by atoms with Gasteiger partial charge < -0.3 is 14.4 Å². The fraction of sp³-hybridized carbons (Fsp3) is 0.600. The molecule has 0 unspecified atom stereocenters. The molecular weight excluding hydrogens is 306 g/mol. The van der Waals surface area contributed by atoms with Gasteiger partial charge in [0.1, 0.15) is 12.4 Å². The van der Waals surface area contributed by atoms with Gasteiger partial charge in [-0.1, -0.05) is 22.0 Å². The Labute approximate surface area is 124 Å². The highest BCUT2D eigenvalue weighted by Gasteiger charge is 2.20. The van der Waals surface area contributed by atoms with E-state index in [9.17, 15) is 0 Å². The maximum Gasteiger partial charge on any atom is 0.120 e. The van der Waals surface area contributed by atoms with Crippen LogP contribution in [0.5, 0.6) is 5.75 Å². The summed E-state index contributed by atoms with van der Waals surface area (Å²) in [7, 11) is 2.10. The van der Waals surface area contributed by atoms with Crippen molar-refractivity contribution in [1.29, 1.82) is 0 Å². The topological polar surface area (TPSA) is 21.7 Å². The first-order valence-corrected chi connectivity index (χ1v) is 7.68. The molecule has 1 aromatic carbocycles. The van der Waals surface area contributed by atoms with Crippen LogP contribution >= 0.6 is 15.9 Å². The molecule has 0 N–H and O–H groups in total. The van der Waals surface area contributed by atoms with Gasteiger partial charge in [0.2, 0.25) is 0 Å². The zero-order valence-electron chi connectivity index (χ0n) is 11.5. The molecule has 1 aliphatic carbocycles. The second-order valence-electron chi connectivity index (χ2n) is 5.13. The molecule has 4 heteroatoms. The van der Waals surface area contributed by atoms with Crippen molar-refractivity contribution in [3.05, 3.63) is 28.7 Å². The number of benzene rings is 1. The summed E-state index contributed by atoms with van der Waals surface area (Å²) in [6.45, 7) is 4.36. The Morgan fingerprint density at radius 1 is 1.26 bits per heavy atom. The molecule has 1 aliphatic rings. The van der Waals surface area contributed by atoms with Crippen LogP contribution in [-0.2, 0) is 4.74 Å². The van der Waals surface area contributed by atoms with E-state index in [0.717, 1.165) is 42.4 Å². The van der Waals surface area contributed by atoms with E-state index in [1.807, 2.05) is 24.3 Å². The molecule has 0 aromatic heterocycles. The first kappa shape index (κ1) is 14.8. The van der Waals surface area contributed by atoms with Crippen LogP contribution in [-0.4, -0.2) is 44.9 Å². The maximum atomic E-state index is 5.70. The molecule has 0 atom stereocenters. The Bertz CT molecular complexity index is 382. The summed E-state index contributed by atoms with van der Waals surface area (Å²) in [6, 6.07) is 7.94. The highest BCUT2D eigenvalue weighted by molar-refractivity contribution is 9.10. The second-order valence-corrected chi connectivity index (χ2v) is 6.04. The lowest BCUT2D eigenvalue weighted by atomic mass is 10.3. The summed E-state index contributed by atoms with van der Waals surface area (Å²) in [4.78, 5) is 2.24. The Morgan fingerprint density at radius 3 is 2.79 bits per heavy atom. The largest absolute Gasteiger partial charge is 0.492 e. The van der Waals surface area contributed by atoms with E-state index in [4.69, 9.17) is 9.47 Å². The molecule has 0 aliphatic heterocycles. The molecule has 0 heterocycles. The molecule has 1 saturated carbocycles. The third-order valence-corrected chi connectivity index (χ3v) is 3.70. The van der Waals surface area contributed by atoms with Gasteiger partial charge >= 0.3 is 0 Å². The predicted octanol–water partition coefficient (Wildman–Crippen LogP) is 3.19. The van der Waals surface area contributed by atoms with Crippen molar-refractivity contribution in [2.45, 2.75) is 12.8 Å². The number of hydrogen-bond acceptors (Lipinski definition) is 3. The van der Waals surface area contributed by atoms with E-state index in [-0.39, 0.29) is 0 Å². The van der Waals surface area contributed by atoms with Crippen molar-refractivity contribution in [1.82, 2.24) is 4.90 Å². The molecule has 0 radical (unpaired) electrons. The maximum absolute atomic E-state index is 5.70. The first-order chi connectivity index (χ1) is 9.24. The second kappa shape index (κ2) is 7.88. The minimum atomic E-state index is 0.704. The fourth-order valence-electron chi connectivity index (χ4n) is 1.74. The van der Waals surface area contributed by atoms with Gasteiger partial charge in [0, 0.05) is 24.2 Å². The lowest BCUT2D eigenvalue weighted by Gasteiger charge is -2.17. The van der Waals surface area contributed by atoms with Crippen molar-refractivity contribution in [3.63, 3.8) is 0 Å². The summed E-state index contributed by atoms with van der Waals surface area (Å²) < 4.78 is 12.4. The van der Waals surface area contributed by atoms with Crippen LogP contribution < -0.4 is 4.74 Å². The Morgan fingerprint density at radius 2 is 2.05 bits per heavy atom. The molecule has 1 fully saturated rings. The van der Waals surface area contributed by atoms with Crippen LogP contribution in [0.25, 0.3) is 0 Å². The zero-order valence-corrected chi connectivity index (χ0v) is 13.1. The minimum absolute atomic E-state index is 0.704. The molecule has 0 saturated heterocycles. The minimum Gasteiger partial charge on any atom is -0.492 e. The van der Waals surface area contributed by atoms with E-state index in [1.165, 1.54) is 12.8 Å². The van der Waals surface area contributed by atoms with E-state index in [1.54, 1.807) is 0 Å². The van der Waals surface area contributed by atoms with Gasteiger partial charge in [-0.15, -0.1) is 0 Å². The lowest BCUT2D eigenvalue weighted by molar-refractivity contribution is 0.0992. The summed E-state index contributed by atoms with van der Waals surface area (Å²) in [5.74, 6) is 1.76. The fourth-order valence-corrected chi connectivity index (χ4v) is 2.12. The molecule has 3 nitrogen and oxygen atoms in total. The summed E-state index contributed by atoms with van der Waals surface area (Å²) in [5, 5.41) is 0. The first-order valence-electron chi connectivity index (χ1n) is 6.88. The van der Waals surface area contributed by atoms with E-state index in [2.05, 4.69) is 27.9 Å². The van der Waals surface area contributed by atoms with Gasteiger partial charge in [-0.3, -0.25) is 0 Å². The SMILES string of the molecule is CN(CCOCC1CC1)CCOc1cccc(Br)c1. The number of likely N-dealkylation sites (N-methyl/N-ethyl adjacent to an activating group) is 1. The van der Waals surface area contributed by atoms with Gasteiger partial charge in [-0.2, -0.15) is 0 Å². The quantitative estimate of drug-likeness (QED) is 0.650. The molecule has 19 heavy (non-hydrogen) atoms. The van der Waals surface area contributed by atoms with Gasteiger partial charge in [0.05, 0.1) is 6.61 Å². The molecule has 2 rings (SSSR count). The number of hydrogen-bond donors (Lipinski definition) is 0. The van der Waals surface area contributed by atoms with Crippen LogP contribution in [0, 0.1) is 5.92 Å². The summed E-state index contributed by atoms with van der Waals surface area (Å²) >= 11 is 3.43. The van der Waals surface area contributed by atoms with Crippen molar-refractivity contribution in [3.8, 4) is 5.75 Å². The highest BCUT2D eigenvalue weighted by Crippen LogP contribution is 2.28. The third kappa shape index (κ3) is 6.41. The Balaban J connectivity index is 1.51. The van der Waals surface area contributed by atoms with Gasteiger partial charge in [-0.25, -0.2) is 0 Å². The number of ether oxygens (including phenoxy) is 2. The monoisotopic (exact) mass is 327 g/mol. The lowest BCUT2D eigenvalue weighted by Crippen LogP contribution is -2.28. The smallest absolute Gasteiger partial charge is 0.120 e. The van der Waals surface area contributed by atoms with Crippen molar-refractivity contribution >= 4 is 15.9 Å². The number of halogens is 1. The highest BCUT2D eigenvalue weighted by atomic mass is 79.9. The Kier molecular flexibility index (Phi) is 6.14. The van der Waals surface area contributed by atoms with Crippen LogP contribution in [0.2, 0.25) is 0 Å². The average Bonchev–Trinajstić information content (AvgIpc) is 3.19. The molecule has 1 aromatic rings. The summed E-state index contributed by atoms with van der Waals surface area (Å²) in [5.41, 5.74) is 0. The van der Waals surface area contributed by atoms with E-state index < -0.39 is 0 Å². The number of nitrogens with zero attached hydrogens (tertiary/aromatic N) is 1. The van der Waals surface area contributed by atoms with Gasteiger partial charge in [0.25, 0.3) is 0 Å². The molecule has 0 amide bonds. The average molecular weight is 328 g/mol. The number of rotatable bonds is 9. The third-order valence-electron chi connectivity index (χ3n) is 3.21. The van der Waals surface area contributed by atoms with Gasteiger partial charge in [-0.05, 0) is 44.0 Å². The summed E-state index contributed by atoms with van der Waals surface area (Å²) in [6.07, 6.45) is 2.71. The molecular formula is C15H22BrNO2. The standard InChI is InChI=1S/C15H22BrNO2/c1-17(7-9-18-12-13-5-6-13)8-10-19-15-4-2-3-14(16)11-15/h2-4,11,13H,5-10,12H2,1H3.